The van der Waals surface area contributed by atoms with Gasteiger partial charge in [0.25, 0.3) is 0 Å². The summed E-state index contributed by atoms with van der Waals surface area (Å²) >= 11 is 1.75. The molecular formula is C118H58N18O2S. The van der Waals surface area contributed by atoms with Gasteiger partial charge < -0.3 is 18.0 Å². The summed E-state index contributed by atoms with van der Waals surface area (Å²) in [6.07, 6.45) is 3.30. The molecule has 638 valence electrons. The van der Waals surface area contributed by atoms with Crippen LogP contribution in [0.1, 0.15) is 44.8 Å². The molecule has 27 rings (SSSR count). The van der Waals surface area contributed by atoms with Crippen molar-refractivity contribution in [3.8, 4) is 116 Å². The van der Waals surface area contributed by atoms with Crippen LogP contribution in [0.25, 0.3) is 241 Å². The molecule has 0 bridgehead atoms. The van der Waals surface area contributed by atoms with Crippen molar-refractivity contribution in [3.05, 3.63) is 397 Å². The fourth-order valence-corrected chi connectivity index (χ4v) is 21.7. The van der Waals surface area contributed by atoms with Crippen LogP contribution in [0.3, 0.4) is 0 Å². The fraction of sp³-hybridized carbons (Fsp3) is 0. The number of hydrogen-bond acceptors (Lipinski definition) is 17. The Kier molecular flexibility index (Phi) is 18.6. The molecule has 0 saturated carbocycles. The lowest BCUT2D eigenvalue weighted by Gasteiger charge is -2.25. The van der Waals surface area contributed by atoms with Crippen molar-refractivity contribution in [1.82, 2.24) is 48.2 Å². The van der Waals surface area contributed by atoms with Gasteiger partial charge in [-0.25, -0.2) is 29.9 Å². The molecule has 21 heteroatoms. The third kappa shape index (κ3) is 12.3. The number of thiophene rings is 1. The van der Waals surface area contributed by atoms with E-state index in [4.69, 9.17) is 28.8 Å². The SMILES string of the molecule is N#Cc1c(-c2ccc(-n3c4ccccc4c4ccccc43)nc2)c(C#N)c2c(oc3ccccc32)c1C#N.N#Cc1c(-c2ccc(-n3c4ccccc4c4ccccc43)nc2)c(C#N)c2oc3ccccc3c2c1C#N.N#Cc1ccc2nc(-c3c(-n4c5ccccc5c5ccccc54)c(-n4c5ccccc5c5ccccc54)c(-c4ccc5nc(C#N)ccc5n4)c4c3sc3ccccc34)ccc2n1. The molecular weight excluding hydrogens is 1730 g/mol. The van der Waals surface area contributed by atoms with Crippen LogP contribution in [-0.2, 0) is 0 Å². The van der Waals surface area contributed by atoms with E-state index in [1.807, 2.05) is 133 Å². The molecule has 0 radical (unpaired) electrons. The van der Waals surface area contributed by atoms with Crippen LogP contribution in [-0.4, -0.2) is 48.2 Å². The first kappa shape index (κ1) is 80.5. The minimum atomic E-state index is 0.0991. The van der Waals surface area contributed by atoms with Gasteiger partial charge in [-0.15, -0.1) is 11.3 Å². The maximum Gasteiger partial charge on any atom is 0.155 e. The van der Waals surface area contributed by atoms with Gasteiger partial charge in [-0.1, -0.05) is 200 Å². The zero-order valence-corrected chi connectivity index (χ0v) is 73.6. The van der Waals surface area contributed by atoms with Gasteiger partial charge in [-0.2, -0.15) is 42.1 Å². The van der Waals surface area contributed by atoms with Crippen LogP contribution in [0.4, 0.5) is 0 Å². The highest BCUT2D eigenvalue weighted by Crippen LogP contribution is 2.55. The van der Waals surface area contributed by atoms with Crippen LogP contribution < -0.4 is 0 Å². The van der Waals surface area contributed by atoms with Crippen LogP contribution in [0.15, 0.2) is 361 Å². The normalized spacial score (nSPS) is 11.4. The van der Waals surface area contributed by atoms with Crippen LogP contribution >= 0.6 is 11.3 Å². The number of para-hydroxylation sites is 10. The van der Waals surface area contributed by atoms with Crippen molar-refractivity contribution in [2.24, 2.45) is 0 Å². The fourth-order valence-electron chi connectivity index (χ4n) is 20.4. The first-order valence-electron chi connectivity index (χ1n) is 44.3. The molecule has 0 unspecified atom stereocenters. The van der Waals surface area contributed by atoms with Crippen molar-refractivity contribution in [3.63, 3.8) is 0 Å². The zero-order valence-electron chi connectivity index (χ0n) is 72.8. The average molecular weight is 1790 g/mol. The summed E-state index contributed by atoms with van der Waals surface area (Å²) in [5, 5.41) is 94.0. The minimum absolute atomic E-state index is 0.0991. The quantitative estimate of drug-likeness (QED) is 0.136. The lowest BCUT2D eigenvalue weighted by molar-refractivity contribution is 0.667. The van der Waals surface area contributed by atoms with E-state index in [9.17, 15) is 42.1 Å². The molecule has 0 amide bonds. The van der Waals surface area contributed by atoms with Crippen LogP contribution in [0.5, 0.6) is 0 Å². The predicted molar refractivity (Wildman–Crippen MR) is 545 cm³/mol. The summed E-state index contributed by atoms with van der Waals surface area (Å²) in [5.41, 5.74) is 21.6. The van der Waals surface area contributed by atoms with E-state index in [1.54, 1.807) is 48.0 Å². The Labute approximate surface area is 791 Å². The molecule has 0 fully saturated rings. The number of fused-ring (bicyclic) bond motifs is 23. The number of aromatic nitrogens is 10. The monoisotopic (exact) mass is 1790 g/mol. The van der Waals surface area contributed by atoms with Gasteiger partial charge in [-0.3, -0.25) is 9.13 Å². The Morgan fingerprint density at radius 3 is 0.942 bits per heavy atom. The van der Waals surface area contributed by atoms with Crippen molar-refractivity contribution >= 4 is 185 Å². The Balaban J connectivity index is 0.000000116. The number of nitriles is 8. The lowest BCUT2D eigenvalue weighted by atomic mass is 9.89. The van der Waals surface area contributed by atoms with E-state index >= 15 is 0 Å². The van der Waals surface area contributed by atoms with Gasteiger partial charge in [0, 0.05) is 131 Å². The summed E-state index contributed by atoms with van der Waals surface area (Å²) in [6.45, 7) is 0. The molecule has 0 saturated heterocycles. The second-order valence-corrected chi connectivity index (χ2v) is 34.5. The lowest BCUT2D eigenvalue weighted by Crippen LogP contribution is -2.09. The molecule has 20 nitrogen and oxygen atoms in total. The van der Waals surface area contributed by atoms with Crippen molar-refractivity contribution < 1.29 is 8.83 Å². The highest BCUT2D eigenvalue weighted by Gasteiger charge is 2.35. The molecule has 0 aliphatic heterocycles. The Morgan fingerprint density at radius 1 is 0.237 bits per heavy atom. The van der Waals surface area contributed by atoms with Gasteiger partial charge >= 0.3 is 0 Å². The summed E-state index contributed by atoms with van der Waals surface area (Å²) in [6, 6.07) is 131. The molecule has 0 aliphatic carbocycles. The van der Waals surface area contributed by atoms with Gasteiger partial charge in [0.2, 0.25) is 0 Å². The first-order valence-corrected chi connectivity index (χ1v) is 45.2. The van der Waals surface area contributed by atoms with E-state index in [-0.39, 0.29) is 39.0 Å². The average Bonchev–Trinajstić information content (AvgIpc) is 1.53. The van der Waals surface area contributed by atoms with Crippen LogP contribution in [0.2, 0.25) is 0 Å². The van der Waals surface area contributed by atoms with Gasteiger partial charge in [0.05, 0.1) is 111 Å². The number of hydrogen-bond donors (Lipinski definition) is 0. The number of pyridine rings is 6. The first-order chi connectivity index (χ1) is 68.7. The Morgan fingerprint density at radius 2 is 0.554 bits per heavy atom. The van der Waals surface area contributed by atoms with E-state index < -0.39 is 0 Å². The molecule has 0 N–H and O–H groups in total. The molecule has 0 aliphatic rings. The number of benzene rings is 14. The van der Waals surface area contributed by atoms with E-state index in [2.05, 4.69) is 259 Å². The van der Waals surface area contributed by atoms with E-state index in [0.29, 0.717) is 100 Å². The van der Waals surface area contributed by atoms with E-state index in [0.717, 1.165) is 147 Å². The predicted octanol–water partition coefficient (Wildman–Crippen LogP) is 27.9. The highest BCUT2D eigenvalue weighted by atomic mass is 32.1. The topological polar surface area (TPSA) is 314 Å². The van der Waals surface area contributed by atoms with Crippen molar-refractivity contribution in [2.75, 3.05) is 0 Å². The molecule has 0 spiro atoms. The molecule has 0 atom stereocenters. The Hall–Kier alpha value is -20.6. The standard InChI is InChI=1S/C54H28N8S.2C32H15N5O/c55-29-31-21-23-40-38(57-31)25-27-42(59-40)50-49-37-15-5-10-20-48(37)63-54(49)51(43-28-26-39-41(60-43)24-22-32(30-56)58-39)53(62-46-18-8-3-13-35(46)36-14-4-9-19-47(36)62)52(50)61-44-16-6-1-11-33(44)34-12-2-7-17-45(34)61;33-15-23-24(16-34)32-31(22-9-3-6-12-28(22)38-32)25(17-35)30(23)19-13-14-29(36-18-19)37-26-10-4-1-7-20(26)21-8-2-5-11-27(21)37;33-15-23-24(16-34)31-22-9-3-6-12-28(22)38-32(31)25(17-35)30(23)19-13-14-29(36-18-19)37-26-10-4-1-7-20(26)21-8-2-5-11-27(21)37/h1-28H;2*1-14,18H. The minimum Gasteiger partial charge on any atom is -0.455 e. The molecule has 139 heavy (non-hydrogen) atoms. The second-order valence-electron chi connectivity index (χ2n) is 33.4. The summed E-state index contributed by atoms with van der Waals surface area (Å²) in [4.78, 5) is 29.7. The van der Waals surface area contributed by atoms with Gasteiger partial charge in [0.1, 0.15) is 93.9 Å². The second kappa shape index (κ2) is 32.2. The molecule has 27 aromatic rings. The molecule has 14 aromatic carbocycles. The van der Waals surface area contributed by atoms with Crippen molar-refractivity contribution in [2.45, 2.75) is 0 Å². The number of nitrogens with zero attached hydrogens (tertiary/aromatic N) is 18. The zero-order chi connectivity index (χ0) is 93.4. The van der Waals surface area contributed by atoms with Crippen molar-refractivity contribution in [1.29, 1.82) is 42.1 Å². The number of furan rings is 2. The summed E-state index contributed by atoms with van der Waals surface area (Å²) in [5.74, 6) is 1.41. The summed E-state index contributed by atoms with van der Waals surface area (Å²) in [7, 11) is 0. The largest absolute Gasteiger partial charge is 0.455 e. The third-order valence-corrected chi connectivity index (χ3v) is 27.4. The van der Waals surface area contributed by atoms with Crippen LogP contribution in [0, 0.1) is 90.6 Å². The van der Waals surface area contributed by atoms with Gasteiger partial charge in [-0.05, 0) is 140 Å². The maximum absolute atomic E-state index is 10.3. The maximum atomic E-state index is 10.3. The van der Waals surface area contributed by atoms with E-state index in [1.165, 1.54) is 0 Å². The highest BCUT2D eigenvalue weighted by molar-refractivity contribution is 7.26. The molecule has 13 heterocycles. The van der Waals surface area contributed by atoms with Gasteiger partial charge in [0.15, 0.2) is 11.2 Å². The summed E-state index contributed by atoms with van der Waals surface area (Å²) < 4.78 is 23.2. The molecule has 13 aromatic heterocycles. The smallest absolute Gasteiger partial charge is 0.155 e. The third-order valence-electron chi connectivity index (χ3n) is 26.2. The Bertz CT molecular complexity index is 10200. The number of rotatable bonds is 8.